The lowest BCUT2D eigenvalue weighted by Gasteiger charge is -2.34. The summed E-state index contributed by atoms with van der Waals surface area (Å²) in [5, 5.41) is 25.6. The van der Waals surface area contributed by atoms with E-state index < -0.39 is 29.7 Å². The van der Waals surface area contributed by atoms with Crippen molar-refractivity contribution in [1.29, 1.82) is 0 Å². The Morgan fingerprint density at radius 2 is 1.62 bits per heavy atom. The second kappa shape index (κ2) is 14.4. The molecule has 3 aromatic carbocycles. The molecular formula is C39H42N6O8. The minimum atomic E-state index is -1.09. The first-order valence-corrected chi connectivity index (χ1v) is 17.9. The number of fused-ring (bicyclic) bond motifs is 2. The number of rotatable bonds is 9. The summed E-state index contributed by atoms with van der Waals surface area (Å²) in [7, 11) is 0. The van der Waals surface area contributed by atoms with Gasteiger partial charge in [-0.1, -0.05) is 38.1 Å². The van der Waals surface area contributed by atoms with Gasteiger partial charge in [0.1, 0.15) is 17.5 Å². The van der Waals surface area contributed by atoms with Crippen LogP contribution < -0.4 is 10.6 Å². The summed E-state index contributed by atoms with van der Waals surface area (Å²) in [4.78, 5) is 84.0. The van der Waals surface area contributed by atoms with Gasteiger partial charge >= 0.3 is 0 Å². The molecule has 14 heteroatoms. The number of piperazine rings is 1. The molecule has 7 rings (SSSR count). The number of carbonyl (C=O) groups is 6. The monoisotopic (exact) mass is 722 g/mol. The average molecular weight is 723 g/mol. The van der Waals surface area contributed by atoms with Crippen LogP contribution >= 0.6 is 0 Å². The highest BCUT2D eigenvalue weighted by Gasteiger charge is 2.45. The molecule has 2 saturated heterocycles. The van der Waals surface area contributed by atoms with E-state index in [1.54, 1.807) is 23.1 Å². The van der Waals surface area contributed by atoms with Crippen LogP contribution in [-0.2, 0) is 34.0 Å². The van der Waals surface area contributed by atoms with E-state index in [1.165, 1.54) is 12.1 Å². The van der Waals surface area contributed by atoms with Crippen LogP contribution in [0.2, 0.25) is 0 Å². The normalized spacial score (nSPS) is 19.1. The Morgan fingerprint density at radius 3 is 2.36 bits per heavy atom. The number of aromatic hydroxyl groups is 2. The molecule has 6 amide bonds. The van der Waals surface area contributed by atoms with E-state index in [1.807, 2.05) is 13.8 Å². The van der Waals surface area contributed by atoms with E-state index in [-0.39, 0.29) is 70.9 Å². The lowest BCUT2D eigenvalue weighted by atomic mass is 9.98. The highest BCUT2D eigenvalue weighted by molar-refractivity contribution is 6.26. The van der Waals surface area contributed by atoms with Crippen molar-refractivity contribution < 1.29 is 39.0 Å². The molecule has 0 spiro atoms. The minimum absolute atomic E-state index is 0.00674. The number of phenolic OH excluding ortho intramolecular Hbond substituents is 2. The molecule has 3 aromatic rings. The number of nitrogens with one attached hydrogen (secondary N) is 2. The minimum Gasteiger partial charge on any atom is -0.508 e. The molecule has 0 bridgehead atoms. The molecule has 0 aromatic heterocycles. The average Bonchev–Trinajstić information content (AvgIpc) is 3.66. The Labute approximate surface area is 306 Å². The van der Waals surface area contributed by atoms with Gasteiger partial charge in [0.25, 0.3) is 17.7 Å². The van der Waals surface area contributed by atoms with Gasteiger partial charge in [0.2, 0.25) is 17.7 Å². The van der Waals surface area contributed by atoms with Crippen molar-refractivity contribution in [2.24, 2.45) is 0 Å². The third kappa shape index (κ3) is 7.11. The molecule has 4 aliphatic heterocycles. The van der Waals surface area contributed by atoms with Crippen LogP contribution in [0.5, 0.6) is 11.5 Å². The predicted octanol–water partition coefficient (Wildman–Crippen LogP) is 2.92. The largest absolute Gasteiger partial charge is 0.508 e. The van der Waals surface area contributed by atoms with Crippen LogP contribution in [0.4, 0.5) is 5.69 Å². The van der Waals surface area contributed by atoms with E-state index in [4.69, 9.17) is 0 Å². The lowest BCUT2D eigenvalue weighted by molar-refractivity contribution is -0.136. The summed E-state index contributed by atoms with van der Waals surface area (Å²) in [5.74, 6) is -3.28. The highest BCUT2D eigenvalue weighted by Crippen LogP contribution is 2.35. The number of amides is 6. The molecule has 276 valence electrons. The molecule has 4 heterocycles. The fourth-order valence-corrected chi connectivity index (χ4v) is 7.61. The number of hydrogen-bond donors (Lipinski definition) is 4. The van der Waals surface area contributed by atoms with Crippen molar-refractivity contribution in [3.63, 3.8) is 0 Å². The van der Waals surface area contributed by atoms with Crippen molar-refractivity contribution in [2.75, 3.05) is 38.0 Å². The van der Waals surface area contributed by atoms with Gasteiger partial charge in [0, 0.05) is 71.3 Å². The number of anilines is 1. The Morgan fingerprint density at radius 1 is 0.887 bits per heavy atom. The molecular weight excluding hydrogens is 680 g/mol. The Balaban J connectivity index is 0.889. The van der Waals surface area contributed by atoms with Crippen LogP contribution in [0.1, 0.15) is 92.4 Å². The zero-order chi connectivity index (χ0) is 37.6. The number of nitrogens with zero attached hydrogens (tertiary/aromatic N) is 4. The van der Waals surface area contributed by atoms with Crippen molar-refractivity contribution in [3.05, 3.63) is 87.5 Å². The molecule has 0 aliphatic carbocycles. The van der Waals surface area contributed by atoms with E-state index in [0.29, 0.717) is 25.2 Å². The van der Waals surface area contributed by atoms with Crippen molar-refractivity contribution in [1.82, 2.24) is 24.9 Å². The number of benzene rings is 3. The number of imide groups is 2. The first-order valence-electron chi connectivity index (χ1n) is 17.9. The first-order chi connectivity index (χ1) is 25.4. The number of carbonyl (C=O) groups excluding carboxylic acids is 6. The second-order valence-electron chi connectivity index (χ2n) is 14.4. The van der Waals surface area contributed by atoms with Crippen molar-refractivity contribution in [2.45, 2.75) is 64.7 Å². The Hall–Kier alpha value is -5.60. The Bertz CT molecular complexity index is 2040. The maximum atomic E-state index is 13.4. The fourth-order valence-electron chi connectivity index (χ4n) is 7.61. The number of piperidine rings is 1. The molecule has 2 fully saturated rings. The Kier molecular flexibility index (Phi) is 9.75. The van der Waals surface area contributed by atoms with Crippen LogP contribution in [0.25, 0.3) is 0 Å². The summed E-state index contributed by atoms with van der Waals surface area (Å²) >= 11 is 0. The highest BCUT2D eigenvalue weighted by atomic mass is 16.3. The summed E-state index contributed by atoms with van der Waals surface area (Å²) in [5.41, 5.74) is 4.44. The van der Waals surface area contributed by atoms with Gasteiger partial charge in [-0.25, -0.2) is 0 Å². The zero-order valence-corrected chi connectivity index (χ0v) is 29.7. The summed E-state index contributed by atoms with van der Waals surface area (Å²) in [6.45, 7) is 9.12. The quantitative estimate of drug-likeness (QED) is 0.240. The maximum Gasteiger partial charge on any atom is 0.264 e. The molecule has 1 atom stereocenters. The van der Waals surface area contributed by atoms with Crippen molar-refractivity contribution >= 4 is 41.1 Å². The summed E-state index contributed by atoms with van der Waals surface area (Å²) in [6.07, 6.45) is 0.256. The molecule has 14 nitrogen and oxygen atoms in total. The molecule has 53 heavy (non-hydrogen) atoms. The lowest BCUT2D eigenvalue weighted by Crippen LogP contribution is -2.54. The second-order valence-corrected chi connectivity index (χ2v) is 14.4. The van der Waals surface area contributed by atoms with Crippen LogP contribution in [0, 0.1) is 0 Å². The number of phenols is 2. The van der Waals surface area contributed by atoms with Crippen molar-refractivity contribution in [3.8, 4) is 11.5 Å². The van der Waals surface area contributed by atoms with Crippen LogP contribution in [-0.4, -0.2) is 104 Å². The van der Waals surface area contributed by atoms with Gasteiger partial charge in [-0.2, -0.15) is 0 Å². The molecule has 0 radical (unpaired) electrons. The number of hydrogen-bond acceptors (Lipinski definition) is 10. The van der Waals surface area contributed by atoms with Gasteiger partial charge in [0.15, 0.2) is 0 Å². The standard InChI is InChI=1S/C39H42N6O8/c1-22(2)27-17-28(32(47)18-31(27)46)37(51)44-20-24-7-6-23(16-25(24)21-44)19-43-14-12-42(13-15-43)11-10-34(49)40-29-5-3-4-26-35(29)39(53)45(38(26)52)30-8-9-33(48)41-36(30)50/h3-7,16-18,22,30,46-47H,8-15,19-21H2,1-2H3,(H,40,49)(H,41,48,50). The summed E-state index contributed by atoms with van der Waals surface area (Å²) < 4.78 is 0. The van der Waals surface area contributed by atoms with E-state index in [9.17, 15) is 39.0 Å². The topological polar surface area (TPSA) is 180 Å². The van der Waals surface area contributed by atoms with Crippen LogP contribution in [0.3, 0.4) is 0 Å². The zero-order valence-electron chi connectivity index (χ0n) is 29.7. The fraction of sp³-hybridized carbons (Fsp3) is 0.385. The van der Waals surface area contributed by atoms with E-state index in [0.717, 1.165) is 54.3 Å². The molecule has 4 N–H and O–H groups in total. The van der Waals surface area contributed by atoms with Gasteiger partial charge < -0.3 is 25.3 Å². The molecule has 0 saturated carbocycles. The van der Waals surface area contributed by atoms with Gasteiger partial charge in [-0.15, -0.1) is 0 Å². The molecule has 4 aliphatic rings. The summed E-state index contributed by atoms with van der Waals surface area (Å²) in [6, 6.07) is 12.6. The smallest absolute Gasteiger partial charge is 0.264 e. The third-order valence-electron chi connectivity index (χ3n) is 10.5. The van der Waals surface area contributed by atoms with Gasteiger partial charge in [0.05, 0.1) is 22.4 Å². The first kappa shape index (κ1) is 35.8. The van der Waals surface area contributed by atoms with E-state index >= 15 is 0 Å². The molecule has 1 unspecified atom stereocenters. The van der Waals surface area contributed by atoms with Gasteiger partial charge in [-0.3, -0.25) is 43.9 Å². The SMILES string of the molecule is CC(C)c1cc(C(=O)N2Cc3ccc(CN4CCN(CCC(=O)Nc5cccc6c5C(=O)N(C5CCC(=O)NC5=O)C6=O)CC4)cc3C2)c(O)cc1O. The third-order valence-corrected chi connectivity index (χ3v) is 10.5. The van der Waals surface area contributed by atoms with Crippen LogP contribution in [0.15, 0.2) is 48.5 Å². The predicted molar refractivity (Wildman–Crippen MR) is 192 cm³/mol. The van der Waals surface area contributed by atoms with Gasteiger partial charge in [-0.05, 0) is 52.8 Å². The van der Waals surface area contributed by atoms with E-state index in [2.05, 4.69) is 38.6 Å². The maximum absolute atomic E-state index is 13.4.